The van der Waals surface area contributed by atoms with Gasteiger partial charge in [0.2, 0.25) is 10.0 Å². The van der Waals surface area contributed by atoms with Crippen molar-refractivity contribution in [2.24, 2.45) is 0 Å². The molecule has 104 valence electrons. The highest BCUT2D eigenvalue weighted by molar-refractivity contribution is 7.89. The lowest BCUT2D eigenvalue weighted by Crippen LogP contribution is -2.35. The zero-order chi connectivity index (χ0) is 14.0. The number of ketones is 1. The Kier molecular flexibility index (Phi) is 4.06. The molecule has 0 saturated heterocycles. The highest BCUT2D eigenvalue weighted by Gasteiger charge is 2.30. The molecule has 1 fully saturated rings. The number of nitrogens with zero attached hydrogens (tertiary/aromatic N) is 1. The van der Waals surface area contributed by atoms with Gasteiger partial charge >= 0.3 is 0 Å². The molecule has 0 radical (unpaired) electrons. The average molecular weight is 281 g/mol. The van der Waals surface area contributed by atoms with E-state index in [0.29, 0.717) is 5.56 Å². The molecule has 4 nitrogen and oxygen atoms in total. The summed E-state index contributed by atoms with van der Waals surface area (Å²) < 4.78 is 26.5. The molecular weight excluding hydrogens is 262 g/mol. The van der Waals surface area contributed by atoms with Crippen molar-refractivity contribution in [1.82, 2.24) is 4.31 Å². The molecule has 0 N–H and O–H groups in total. The average Bonchev–Trinajstić information content (AvgIpc) is 2.91. The summed E-state index contributed by atoms with van der Waals surface area (Å²) in [6, 6.07) is 6.35. The zero-order valence-electron chi connectivity index (χ0n) is 11.3. The fraction of sp³-hybridized carbons (Fsp3) is 0.500. The van der Waals surface area contributed by atoms with E-state index >= 15 is 0 Å². The fourth-order valence-corrected chi connectivity index (χ4v) is 3.97. The molecule has 5 heteroatoms. The third kappa shape index (κ3) is 2.87. The van der Waals surface area contributed by atoms with E-state index in [4.69, 9.17) is 0 Å². The smallest absolute Gasteiger partial charge is 0.243 e. The van der Waals surface area contributed by atoms with E-state index in [2.05, 4.69) is 0 Å². The number of Topliss-reactive ketones (excluding diaryl/α,β-unsaturated/α-hetero) is 1. The molecule has 0 spiro atoms. The molecule has 0 aromatic heterocycles. The van der Waals surface area contributed by atoms with Crippen LogP contribution in [0.1, 0.15) is 43.0 Å². The second kappa shape index (κ2) is 5.43. The van der Waals surface area contributed by atoms with Crippen LogP contribution in [0.5, 0.6) is 0 Å². The number of rotatable bonds is 4. The van der Waals surface area contributed by atoms with Crippen molar-refractivity contribution in [3.63, 3.8) is 0 Å². The number of benzene rings is 1. The minimum Gasteiger partial charge on any atom is -0.295 e. The quantitative estimate of drug-likeness (QED) is 0.797. The van der Waals surface area contributed by atoms with Gasteiger partial charge in [-0.1, -0.05) is 25.0 Å². The normalized spacial score (nSPS) is 17.0. The lowest BCUT2D eigenvalue weighted by Gasteiger charge is -2.23. The van der Waals surface area contributed by atoms with Crippen LogP contribution in [-0.4, -0.2) is 31.6 Å². The molecule has 1 aliphatic carbocycles. The molecular formula is C14H19NO3S. The summed E-state index contributed by atoms with van der Waals surface area (Å²) in [7, 11) is -1.87. The predicted molar refractivity (Wildman–Crippen MR) is 73.7 cm³/mol. The van der Waals surface area contributed by atoms with Crippen molar-refractivity contribution in [2.45, 2.75) is 43.5 Å². The summed E-state index contributed by atoms with van der Waals surface area (Å²) in [5, 5.41) is 0. The molecule has 19 heavy (non-hydrogen) atoms. The van der Waals surface area contributed by atoms with Gasteiger partial charge in [-0.05, 0) is 31.9 Å². The first-order valence-corrected chi connectivity index (χ1v) is 7.96. The van der Waals surface area contributed by atoms with Gasteiger partial charge in [0.05, 0.1) is 4.90 Å². The van der Waals surface area contributed by atoms with Gasteiger partial charge in [-0.25, -0.2) is 8.42 Å². The summed E-state index contributed by atoms with van der Waals surface area (Å²) >= 11 is 0. The zero-order valence-corrected chi connectivity index (χ0v) is 12.1. The minimum absolute atomic E-state index is 0.0889. The summed E-state index contributed by atoms with van der Waals surface area (Å²) in [4.78, 5) is 11.5. The summed E-state index contributed by atoms with van der Waals surface area (Å²) in [5.41, 5.74) is 0.431. The first-order chi connectivity index (χ1) is 8.93. The highest BCUT2D eigenvalue weighted by atomic mass is 32.2. The highest BCUT2D eigenvalue weighted by Crippen LogP contribution is 2.27. The van der Waals surface area contributed by atoms with Gasteiger partial charge < -0.3 is 0 Å². The van der Waals surface area contributed by atoms with Crippen LogP contribution in [0.4, 0.5) is 0 Å². The van der Waals surface area contributed by atoms with Crippen molar-refractivity contribution in [1.29, 1.82) is 0 Å². The molecule has 0 bridgehead atoms. The first-order valence-electron chi connectivity index (χ1n) is 6.52. The fourth-order valence-electron chi connectivity index (χ4n) is 2.51. The van der Waals surface area contributed by atoms with Crippen molar-refractivity contribution in [2.75, 3.05) is 7.05 Å². The standard InChI is InChI=1S/C14H19NO3S/c1-11(16)12-6-5-9-14(10-12)19(17,18)15(2)13-7-3-4-8-13/h5-6,9-10,13H,3-4,7-8H2,1-2H3. The number of hydrogen-bond acceptors (Lipinski definition) is 3. The first kappa shape index (κ1) is 14.2. The molecule has 2 rings (SSSR count). The van der Waals surface area contributed by atoms with Crippen LogP contribution in [0.2, 0.25) is 0 Å². The molecule has 0 amide bonds. The lowest BCUT2D eigenvalue weighted by atomic mass is 10.2. The van der Waals surface area contributed by atoms with E-state index in [1.807, 2.05) is 0 Å². The van der Waals surface area contributed by atoms with Crippen LogP contribution in [0, 0.1) is 0 Å². The summed E-state index contributed by atoms with van der Waals surface area (Å²) in [6.07, 6.45) is 4.00. The predicted octanol–water partition coefficient (Wildman–Crippen LogP) is 2.45. The third-order valence-electron chi connectivity index (χ3n) is 3.76. The topological polar surface area (TPSA) is 54.5 Å². The molecule has 0 aliphatic heterocycles. The largest absolute Gasteiger partial charge is 0.295 e. The van der Waals surface area contributed by atoms with Crippen LogP contribution in [0.3, 0.4) is 0 Å². The third-order valence-corrected chi connectivity index (χ3v) is 5.66. The van der Waals surface area contributed by atoms with Crippen molar-refractivity contribution < 1.29 is 13.2 Å². The second-order valence-corrected chi connectivity index (χ2v) is 7.04. The van der Waals surface area contributed by atoms with Crippen LogP contribution in [-0.2, 0) is 10.0 Å². The Labute approximate surface area is 114 Å². The SMILES string of the molecule is CC(=O)c1cccc(S(=O)(=O)N(C)C2CCCC2)c1. The maximum absolute atomic E-state index is 12.5. The summed E-state index contributed by atoms with van der Waals surface area (Å²) in [5.74, 6) is -0.124. The van der Waals surface area contributed by atoms with E-state index in [1.165, 1.54) is 17.3 Å². The van der Waals surface area contributed by atoms with Crippen molar-refractivity contribution in [3.8, 4) is 0 Å². The molecule has 1 aromatic carbocycles. The van der Waals surface area contributed by atoms with Gasteiger partial charge in [-0.3, -0.25) is 4.79 Å². The molecule has 1 aromatic rings. The monoisotopic (exact) mass is 281 g/mol. The molecule has 0 unspecified atom stereocenters. The minimum atomic E-state index is -3.50. The Morgan fingerprint density at radius 2 is 1.89 bits per heavy atom. The number of carbonyl (C=O) groups is 1. The van der Waals surface area contributed by atoms with E-state index in [-0.39, 0.29) is 16.7 Å². The van der Waals surface area contributed by atoms with Crippen LogP contribution in [0.15, 0.2) is 29.2 Å². The van der Waals surface area contributed by atoms with Gasteiger partial charge in [0.25, 0.3) is 0 Å². The molecule has 0 heterocycles. The van der Waals surface area contributed by atoms with E-state index in [1.54, 1.807) is 25.2 Å². The number of hydrogen-bond donors (Lipinski definition) is 0. The van der Waals surface area contributed by atoms with Crippen LogP contribution in [0.25, 0.3) is 0 Å². The molecule has 1 aliphatic rings. The van der Waals surface area contributed by atoms with Crippen LogP contribution < -0.4 is 0 Å². The number of carbonyl (C=O) groups excluding carboxylic acids is 1. The van der Waals surface area contributed by atoms with Gasteiger partial charge in [0, 0.05) is 18.7 Å². The Hall–Kier alpha value is -1.20. The molecule has 0 atom stereocenters. The maximum atomic E-state index is 12.5. The maximum Gasteiger partial charge on any atom is 0.243 e. The van der Waals surface area contributed by atoms with E-state index in [9.17, 15) is 13.2 Å². The Morgan fingerprint density at radius 3 is 2.47 bits per heavy atom. The van der Waals surface area contributed by atoms with Crippen molar-refractivity contribution in [3.05, 3.63) is 29.8 Å². The number of sulfonamides is 1. The Morgan fingerprint density at radius 1 is 1.26 bits per heavy atom. The van der Waals surface area contributed by atoms with Gasteiger partial charge in [0.15, 0.2) is 5.78 Å². The van der Waals surface area contributed by atoms with Gasteiger partial charge in [0.1, 0.15) is 0 Å². The Bertz CT molecular complexity index is 574. The van der Waals surface area contributed by atoms with Gasteiger partial charge in [-0.2, -0.15) is 4.31 Å². The second-order valence-electron chi connectivity index (χ2n) is 5.04. The van der Waals surface area contributed by atoms with E-state index < -0.39 is 10.0 Å². The van der Waals surface area contributed by atoms with Crippen LogP contribution >= 0.6 is 0 Å². The Balaban J connectivity index is 2.33. The lowest BCUT2D eigenvalue weighted by molar-refractivity contribution is 0.101. The molecule has 1 saturated carbocycles. The van der Waals surface area contributed by atoms with E-state index in [0.717, 1.165) is 25.7 Å². The van der Waals surface area contributed by atoms with Crippen molar-refractivity contribution >= 4 is 15.8 Å². The van der Waals surface area contributed by atoms with Gasteiger partial charge in [-0.15, -0.1) is 0 Å². The summed E-state index contributed by atoms with van der Waals surface area (Å²) in [6.45, 7) is 1.44.